The van der Waals surface area contributed by atoms with Gasteiger partial charge in [-0.1, -0.05) is 48.9 Å². The summed E-state index contributed by atoms with van der Waals surface area (Å²) >= 11 is 6.79. The molecule has 1 aliphatic heterocycles. The number of benzene rings is 1. The number of amides is 1. The van der Waals surface area contributed by atoms with E-state index in [2.05, 4.69) is 26.0 Å². The van der Waals surface area contributed by atoms with Crippen LogP contribution < -0.4 is 0 Å². The van der Waals surface area contributed by atoms with Gasteiger partial charge < -0.3 is 22.5 Å². The fraction of sp³-hybridized carbons (Fsp3) is 0.241. The molecule has 37 heavy (non-hydrogen) atoms. The summed E-state index contributed by atoms with van der Waals surface area (Å²) in [5, 5.41) is 20.1. The van der Waals surface area contributed by atoms with Crippen LogP contribution in [0.4, 0.5) is 0 Å². The molecule has 0 saturated carbocycles. The van der Waals surface area contributed by atoms with Gasteiger partial charge in [0.2, 0.25) is 0 Å². The number of β-amino-alcohol motifs (C(OH)–C–C–N with tert-alkyl or cyclic N) is 2. The van der Waals surface area contributed by atoms with E-state index in [-0.39, 0.29) is 57.5 Å². The van der Waals surface area contributed by atoms with Gasteiger partial charge in [-0.15, -0.1) is 6.08 Å². The first kappa shape index (κ1) is 31.0. The Bertz CT molecular complexity index is 1360. The second-order valence-corrected chi connectivity index (χ2v) is 9.21. The molecule has 4 rings (SSSR count). The van der Waals surface area contributed by atoms with Gasteiger partial charge in [0.15, 0.2) is 0 Å². The summed E-state index contributed by atoms with van der Waals surface area (Å²) < 4.78 is 1.74. The number of rotatable bonds is 5. The van der Waals surface area contributed by atoms with Gasteiger partial charge in [0.05, 0.1) is 12.2 Å². The van der Waals surface area contributed by atoms with Crippen molar-refractivity contribution in [3.05, 3.63) is 103 Å². The van der Waals surface area contributed by atoms with Gasteiger partial charge >= 0.3 is 31.1 Å². The molecule has 8 heteroatoms. The van der Waals surface area contributed by atoms with E-state index in [1.165, 1.54) is 4.90 Å². The molecule has 1 fully saturated rings. The van der Waals surface area contributed by atoms with Crippen molar-refractivity contribution in [2.45, 2.75) is 33.0 Å². The monoisotopic (exact) mass is 743 g/mol. The van der Waals surface area contributed by atoms with E-state index in [1.807, 2.05) is 44.2 Å². The van der Waals surface area contributed by atoms with Crippen LogP contribution in [0.3, 0.4) is 0 Å². The largest absolute Gasteiger partial charge is 2.00 e. The van der Waals surface area contributed by atoms with Crippen LogP contribution >= 0.6 is 11.6 Å². The van der Waals surface area contributed by atoms with Crippen LogP contribution in [-0.4, -0.2) is 55.7 Å². The Hall–Kier alpha value is -2.27. The van der Waals surface area contributed by atoms with Crippen molar-refractivity contribution in [3.63, 3.8) is 0 Å². The molecule has 0 bridgehead atoms. The Morgan fingerprint density at radius 1 is 1.14 bits per heavy atom. The van der Waals surface area contributed by atoms with Gasteiger partial charge in [-0.2, -0.15) is 0 Å². The summed E-state index contributed by atoms with van der Waals surface area (Å²) in [6.07, 6.45) is 5.94. The zero-order valence-electron chi connectivity index (χ0n) is 21.6. The number of halogens is 1. The minimum absolute atomic E-state index is 0. The van der Waals surface area contributed by atoms with Crippen molar-refractivity contribution >= 4 is 28.7 Å². The number of hydrogen-bond acceptors (Lipinski definition) is 4. The van der Waals surface area contributed by atoms with E-state index in [4.69, 9.17) is 16.6 Å². The summed E-state index contributed by atoms with van der Waals surface area (Å²) in [5.74, 6) is -0.270. The first-order valence-corrected chi connectivity index (χ1v) is 11.9. The second-order valence-electron chi connectivity index (χ2n) is 8.85. The van der Waals surface area contributed by atoms with Crippen LogP contribution in [0.1, 0.15) is 36.7 Å². The van der Waals surface area contributed by atoms with Crippen molar-refractivity contribution in [3.8, 4) is 11.3 Å². The van der Waals surface area contributed by atoms with E-state index < -0.39 is 12.2 Å². The minimum atomic E-state index is -0.934. The standard InChI is InChI=1S/C28H29ClN3O3.CH3.U/c1-5-18(4)20(11-10-17(2)3)21-8-6-7-9-22(21)26-27(29)32-13-12-19(14-25(32)30-26)28(35)31-15-23(33)24(34)16-31;;/h5-14,23-24,33-34H,2,15-16H2,1,3-4H3;1H3;/q2*-1;+2/b17-10-,18-5-,20-11+;;. The van der Waals surface area contributed by atoms with E-state index in [1.54, 1.807) is 22.7 Å². The minimum Gasteiger partial charge on any atom is -0.388 e. The predicted octanol–water partition coefficient (Wildman–Crippen LogP) is 5.41. The average molecular weight is 744 g/mol. The van der Waals surface area contributed by atoms with Crippen LogP contribution in [0.15, 0.2) is 72.0 Å². The Morgan fingerprint density at radius 2 is 1.78 bits per heavy atom. The maximum Gasteiger partial charge on any atom is 2.00 e. The molecule has 2 atom stereocenters. The number of fused-ring (bicyclic) bond motifs is 1. The molecule has 3 aromatic rings. The van der Waals surface area contributed by atoms with Gasteiger partial charge in [-0.25, -0.2) is 23.6 Å². The van der Waals surface area contributed by atoms with Crippen LogP contribution in [0.5, 0.6) is 0 Å². The summed E-state index contributed by atoms with van der Waals surface area (Å²) in [6.45, 7) is 10.2. The van der Waals surface area contributed by atoms with Crippen molar-refractivity contribution in [1.82, 2.24) is 14.3 Å². The van der Waals surface area contributed by atoms with Crippen LogP contribution in [0, 0.1) is 45.5 Å². The second kappa shape index (κ2) is 13.0. The van der Waals surface area contributed by atoms with Crippen molar-refractivity contribution in [2.75, 3.05) is 13.1 Å². The quantitative estimate of drug-likeness (QED) is 0.271. The van der Waals surface area contributed by atoms with Crippen molar-refractivity contribution in [1.29, 1.82) is 0 Å². The molecule has 6 nitrogen and oxygen atoms in total. The average Bonchev–Trinajstić information content (AvgIpc) is 3.36. The number of pyridine rings is 1. The Kier molecular flexibility index (Phi) is 10.9. The SMILES string of the molecule is [CH2-]/C(C)=C/C=C(\C(C)=C/C)c1ccccc1-c1nc2cc(C(=O)N3CC(O)C(O)C3)ccn2c1Cl.[CH3-].[U+2]. The zero-order chi connectivity index (χ0) is 25.3. The maximum absolute atomic E-state index is 12.9. The molecule has 2 unspecified atom stereocenters. The summed E-state index contributed by atoms with van der Waals surface area (Å²) in [7, 11) is 0. The molecular formula is C29H32ClN3O3U. The number of nitrogens with zero attached hydrogens (tertiary/aromatic N) is 3. The first-order chi connectivity index (χ1) is 16.7. The third-order valence-electron chi connectivity index (χ3n) is 6.23. The molecule has 2 N–H and O–H groups in total. The van der Waals surface area contributed by atoms with Crippen molar-refractivity contribution < 1.29 is 46.1 Å². The van der Waals surface area contributed by atoms with Crippen molar-refractivity contribution in [2.24, 2.45) is 0 Å². The van der Waals surface area contributed by atoms with Gasteiger partial charge in [-0.3, -0.25) is 9.20 Å². The third kappa shape index (κ3) is 6.42. The topological polar surface area (TPSA) is 78.1 Å². The van der Waals surface area contributed by atoms with Gasteiger partial charge in [0.1, 0.15) is 16.5 Å². The Morgan fingerprint density at radius 3 is 2.41 bits per heavy atom. The molecule has 0 aliphatic carbocycles. The normalized spacial score (nSPS) is 18.5. The number of aliphatic hydroxyl groups is 2. The number of allylic oxidation sites excluding steroid dienone is 6. The van der Waals surface area contributed by atoms with E-state index in [0.717, 1.165) is 27.8 Å². The molecule has 1 amide bonds. The number of hydrogen-bond donors (Lipinski definition) is 2. The Labute approximate surface area is 247 Å². The molecule has 0 radical (unpaired) electrons. The molecule has 1 saturated heterocycles. The number of carbonyl (C=O) groups excluding carboxylic acids is 1. The van der Waals surface area contributed by atoms with Crippen LogP contribution in [-0.2, 0) is 0 Å². The number of aromatic nitrogens is 2. The smallest absolute Gasteiger partial charge is 0.388 e. The molecule has 1 aromatic carbocycles. The number of imidazole rings is 1. The number of carbonyl (C=O) groups is 1. The molecule has 192 valence electrons. The predicted molar refractivity (Wildman–Crippen MR) is 146 cm³/mol. The Balaban J connectivity index is 0.00000241. The van der Waals surface area contributed by atoms with E-state index in [9.17, 15) is 15.0 Å². The summed E-state index contributed by atoms with van der Waals surface area (Å²) in [5.41, 5.74) is 6.53. The molecule has 0 spiro atoms. The fourth-order valence-electron chi connectivity index (χ4n) is 4.18. The van der Waals surface area contributed by atoms with Gasteiger partial charge in [0.25, 0.3) is 5.91 Å². The molecular weight excluding hydrogens is 712 g/mol. The molecule has 3 heterocycles. The fourth-order valence-corrected chi connectivity index (χ4v) is 4.46. The van der Waals surface area contributed by atoms with Gasteiger partial charge in [0, 0.05) is 30.4 Å². The number of aliphatic hydroxyl groups excluding tert-OH is 2. The maximum atomic E-state index is 12.9. The van der Waals surface area contributed by atoms with Crippen LogP contribution in [0.2, 0.25) is 5.15 Å². The summed E-state index contributed by atoms with van der Waals surface area (Å²) in [6, 6.07) is 11.3. The molecule has 1 aliphatic rings. The van der Waals surface area contributed by atoms with Gasteiger partial charge in [-0.05, 0) is 42.7 Å². The first-order valence-electron chi connectivity index (χ1n) is 11.5. The van der Waals surface area contributed by atoms with E-state index in [0.29, 0.717) is 22.1 Å². The van der Waals surface area contributed by atoms with Crippen LogP contribution in [0.25, 0.3) is 22.5 Å². The summed E-state index contributed by atoms with van der Waals surface area (Å²) in [4.78, 5) is 19.2. The van der Waals surface area contributed by atoms with E-state index >= 15 is 0 Å². The third-order valence-corrected chi connectivity index (χ3v) is 6.59. The zero-order valence-corrected chi connectivity index (χ0v) is 26.5. The number of likely N-dealkylation sites (tertiary alicyclic amines) is 1. The molecule has 2 aromatic heterocycles.